The largest absolute Gasteiger partial charge is 0.350 e. The third-order valence-electron chi connectivity index (χ3n) is 6.45. The van der Waals surface area contributed by atoms with Crippen LogP contribution in [0.1, 0.15) is 11.1 Å². The lowest BCUT2D eigenvalue weighted by Gasteiger charge is -2.04. The summed E-state index contributed by atoms with van der Waals surface area (Å²) in [6, 6.07) is 14.6. The van der Waals surface area contributed by atoms with Crippen LogP contribution >= 0.6 is 11.3 Å². The SMILES string of the molecule is Cn1cc(C2=C(c3cn(C)c4cc([N+](=O)[O-])ccc34)C(=O)NC2=O)c2ccc(-c3cccs3)cc21. The maximum absolute atomic E-state index is 13.1. The van der Waals surface area contributed by atoms with E-state index < -0.39 is 16.7 Å². The molecule has 2 amide bonds. The first-order valence-corrected chi connectivity index (χ1v) is 11.7. The van der Waals surface area contributed by atoms with Crippen LogP contribution in [0, 0.1) is 10.1 Å². The molecule has 1 aliphatic rings. The molecule has 2 aromatic carbocycles. The lowest BCUT2D eigenvalue weighted by atomic mass is 9.95. The second kappa shape index (κ2) is 7.51. The standard InChI is InChI=1S/C26H18N4O4S/c1-28-12-18(16-7-5-14(10-20(16)28)22-4-3-9-35-22)23-24(26(32)27-25(23)31)19-13-29(2)21-11-15(30(33)34)6-8-17(19)21/h3-13H,1-2H3,(H,27,31,32). The second-order valence-corrected chi connectivity index (χ2v) is 9.46. The highest BCUT2D eigenvalue weighted by atomic mass is 32.1. The Morgan fingerprint density at radius 1 is 0.857 bits per heavy atom. The summed E-state index contributed by atoms with van der Waals surface area (Å²) < 4.78 is 3.68. The highest BCUT2D eigenvalue weighted by Crippen LogP contribution is 2.40. The Morgan fingerprint density at radius 2 is 1.46 bits per heavy atom. The first-order chi connectivity index (χ1) is 16.8. The van der Waals surface area contributed by atoms with Gasteiger partial charge in [-0.15, -0.1) is 11.3 Å². The normalized spacial score (nSPS) is 13.9. The molecule has 6 rings (SSSR count). The fraction of sp³-hybridized carbons (Fsp3) is 0.0769. The van der Waals surface area contributed by atoms with Gasteiger partial charge in [-0.3, -0.25) is 25.0 Å². The molecule has 0 fully saturated rings. The van der Waals surface area contributed by atoms with Crippen molar-refractivity contribution in [3.63, 3.8) is 0 Å². The smallest absolute Gasteiger partial charge is 0.271 e. The topological polar surface area (TPSA) is 99.2 Å². The van der Waals surface area contributed by atoms with Gasteiger partial charge in [0.2, 0.25) is 0 Å². The van der Waals surface area contributed by atoms with Crippen LogP contribution in [0.25, 0.3) is 43.4 Å². The summed E-state index contributed by atoms with van der Waals surface area (Å²) in [5.74, 6) is -0.943. The molecule has 0 radical (unpaired) electrons. The van der Waals surface area contributed by atoms with Gasteiger partial charge in [0.15, 0.2) is 0 Å². The highest BCUT2D eigenvalue weighted by molar-refractivity contribution is 7.13. The van der Waals surface area contributed by atoms with E-state index in [9.17, 15) is 19.7 Å². The number of nitro benzene ring substituents is 1. The van der Waals surface area contributed by atoms with Gasteiger partial charge in [-0.2, -0.15) is 0 Å². The van der Waals surface area contributed by atoms with Gasteiger partial charge >= 0.3 is 0 Å². The number of hydrogen-bond acceptors (Lipinski definition) is 5. The number of aryl methyl sites for hydroxylation is 2. The predicted octanol–water partition coefficient (Wildman–Crippen LogP) is 4.87. The number of hydrogen-bond donors (Lipinski definition) is 1. The fourth-order valence-corrected chi connectivity index (χ4v) is 5.56. The first-order valence-electron chi connectivity index (χ1n) is 10.8. The third kappa shape index (κ3) is 3.12. The van der Waals surface area contributed by atoms with Crippen molar-refractivity contribution in [2.45, 2.75) is 0 Å². The number of fused-ring (bicyclic) bond motifs is 2. The zero-order valence-electron chi connectivity index (χ0n) is 18.7. The maximum Gasteiger partial charge on any atom is 0.271 e. The zero-order valence-corrected chi connectivity index (χ0v) is 19.6. The number of nitrogens with one attached hydrogen (secondary N) is 1. The van der Waals surface area contributed by atoms with Gasteiger partial charge in [-0.05, 0) is 29.1 Å². The lowest BCUT2D eigenvalue weighted by molar-refractivity contribution is -0.384. The van der Waals surface area contributed by atoms with Crippen molar-refractivity contribution in [3.05, 3.63) is 87.5 Å². The minimum atomic E-state index is -0.483. The van der Waals surface area contributed by atoms with Gasteiger partial charge in [0.25, 0.3) is 17.5 Å². The van der Waals surface area contributed by atoms with Crippen LogP contribution in [0.5, 0.6) is 0 Å². The Labute approximate surface area is 202 Å². The van der Waals surface area contributed by atoms with Crippen molar-refractivity contribution in [3.8, 4) is 10.4 Å². The summed E-state index contributed by atoms with van der Waals surface area (Å²) in [6.07, 6.45) is 3.61. The number of nitrogens with zero attached hydrogens (tertiary/aromatic N) is 3. The Bertz CT molecular complexity index is 1760. The van der Waals surface area contributed by atoms with E-state index in [0.29, 0.717) is 27.6 Å². The molecule has 0 unspecified atom stereocenters. The molecule has 35 heavy (non-hydrogen) atoms. The zero-order chi connectivity index (χ0) is 24.4. The van der Waals surface area contributed by atoms with E-state index in [1.54, 1.807) is 35.2 Å². The van der Waals surface area contributed by atoms with Crippen LogP contribution < -0.4 is 5.32 Å². The average Bonchev–Trinajstić information content (AvgIpc) is 3.60. The third-order valence-corrected chi connectivity index (χ3v) is 7.37. The Hall–Kier alpha value is -4.50. The van der Waals surface area contributed by atoms with Crippen LogP contribution in [0.4, 0.5) is 5.69 Å². The molecular formula is C26H18N4O4S. The van der Waals surface area contributed by atoms with Crippen LogP contribution in [-0.4, -0.2) is 25.9 Å². The van der Waals surface area contributed by atoms with Crippen LogP contribution in [0.15, 0.2) is 66.3 Å². The molecule has 8 nitrogen and oxygen atoms in total. The minimum absolute atomic E-state index is 0.0398. The van der Waals surface area contributed by atoms with E-state index in [1.165, 1.54) is 12.1 Å². The average molecular weight is 483 g/mol. The number of carbonyl (C=O) groups is 2. The van der Waals surface area contributed by atoms with Crippen LogP contribution in [0.3, 0.4) is 0 Å². The number of amides is 2. The molecule has 9 heteroatoms. The Balaban J connectivity index is 1.60. The minimum Gasteiger partial charge on any atom is -0.350 e. The van der Waals surface area contributed by atoms with Gasteiger partial charge in [0, 0.05) is 70.9 Å². The Morgan fingerprint density at radius 3 is 2.03 bits per heavy atom. The van der Waals surface area contributed by atoms with E-state index in [4.69, 9.17) is 0 Å². The molecule has 4 heterocycles. The van der Waals surface area contributed by atoms with Crippen molar-refractivity contribution < 1.29 is 14.5 Å². The molecule has 0 atom stereocenters. The van der Waals surface area contributed by atoms with Crippen LogP contribution in [-0.2, 0) is 23.7 Å². The van der Waals surface area contributed by atoms with Crippen molar-refractivity contribution in [1.82, 2.24) is 14.5 Å². The second-order valence-electron chi connectivity index (χ2n) is 8.51. The number of nitro groups is 1. The molecule has 5 aromatic rings. The van der Waals surface area contributed by atoms with Gasteiger partial charge in [0.05, 0.1) is 21.6 Å². The number of rotatable bonds is 4. The number of non-ortho nitro benzene ring substituents is 1. The molecule has 0 aliphatic carbocycles. The molecule has 0 spiro atoms. The maximum atomic E-state index is 13.1. The lowest BCUT2D eigenvalue weighted by Crippen LogP contribution is -2.22. The monoisotopic (exact) mass is 482 g/mol. The van der Waals surface area contributed by atoms with Crippen LogP contribution in [0.2, 0.25) is 0 Å². The molecule has 3 aromatic heterocycles. The number of thiophene rings is 1. The quantitative estimate of drug-likeness (QED) is 0.224. The molecule has 172 valence electrons. The van der Waals surface area contributed by atoms with Crippen molar-refractivity contribution in [1.29, 1.82) is 0 Å². The number of imide groups is 1. The van der Waals surface area contributed by atoms with Gasteiger partial charge in [-0.25, -0.2) is 0 Å². The van der Waals surface area contributed by atoms with E-state index in [-0.39, 0.29) is 11.3 Å². The highest BCUT2D eigenvalue weighted by Gasteiger charge is 2.35. The molecule has 0 bridgehead atoms. The number of benzene rings is 2. The van der Waals surface area contributed by atoms with E-state index in [1.807, 2.05) is 41.4 Å². The molecular weight excluding hydrogens is 464 g/mol. The van der Waals surface area contributed by atoms with E-state index >= 15 is 0 Å². The number of carbonyl (C=O) groups excluding carboxylic acids is 2. The summed E-state index contributed by atoms with van der Waals surface area (Å²) >= 11 is 1.66. The molecule has 1 N–H and O–H groups in total. The van der Waals surface area contributed by atoms with Crippen molar-refractivity contribution >= 4 is 61.8 Å². The number of aromatic nitrogens is 2. The molecule has 0 saturated carbocycles. The fourth-order valence-electron chi connectivity index (χ4n) is 4.83. The summed E-state index contributed by atoms with van der Waals surface area (Å²) in [4.78, 5) is 38.0. The molecule has 0 saturated heterocycles. The van der Waals surface area contributed by atoms with E-state index in [2.05, 4.69) is 17.4 Å². The van der Waals surface area contributed by atoms with Crippen molar-refractivity contribution in [2.75, 3.05) is 0 Å². The summed E-state index contributed by atoms with van der Waals surface area (Å²) in [5, 5.41) is 17.3. The van der Waals surface area contributed by atoms with Gasteiger partial charge < -0.3 is 9.13 Å². The van der Waals surface area contributed by atoms with Gasteiger partial charge in [0.1, 0.15) is 0 Å². The van der Waals surface area contributed by atoms with E-state index in [0.717, 1.165) is 21.3 Å². The van der Waals surface area contributed by atoms with Crippen molar-refractivity contribution in [2.24, 2.45) is 14.1 Å². The summed E-state index contributed by atoms with van der Waals surface area (Å²) in [6.45, 7) is 0. The molecule has 1 aliphatic heterocycles. The first kappa shape index (κ1) is 21.1. The van der Waals surface area contributed by atoms with Gasteiger partial charge in [-0.1, -0.05) is 18.2 Å². The predicted molar refractivity (Wildman–Crippen MR) is 136 cm³/mol. The summed E-state index contributed by atoms with van der Waals surface area (Å²) in [7, 11) is 3.67. The summed E-state index contributed by atoms with van der Waals surface area (Å²) in [5.41, 5.74) is 4.38. The Kier molecular flexibility index (Phi) is 4.52.